The maximum Gasteiger partial charge on any atom is 0.249 e. The van der Waals surface area contributed by atoms with Crippen LogP contribution in [-0.4, -0.2) is 46.1 Å². The number of nitrogens with one attached hydrogen (secondary N) is 1. The minimum Gasteiger partial charge on any atom is -0.394 e. The number of hydrogen-bond donors (Lipinski definition) is 4. The molecule has 0 rings (SSSR count). The molecule has 0 aromatic carbocycles. The van der Waals surface area contributed by atoms with E-state index in [9.17, 15) is 20.1 Å². The summed E-state index contributed by atoms with van der Waals surface area (Å²) < 4.78 is 0. The largest absolute Gasteiger partial charge is 0.394 e. The Hall–Kier alpha value is -0.910. The van der Waals surface area contributed by atoms with E-state index in [-0.39, 0.29) is 6.61 Å². The van der Waals surface area contributed by atoms with Gasteiger partial charge >= 0.3 is 0 Å². The van der Waals surface area contributed by atoms with Crippen molar-refractivity contribution in [2.45, 2.75) is 238 Å². The lowest BCUT2D eigenvalue weighted by Crippen LogP contribution is -2.49. The number of carbonyl (C=O) groups is 1. The van der Waals surface area contributed by atoms with Gasteiger partial charge in [0.1, 0.15) is 6.10 Å². The second-order valence-corrected chi connectivity index (χ2v) is 14.2. The Morgan fingerprint density at radius 1 is 0.500 bits per heavy atom. The molecule has 0 aliphatic heterocycles. The SMILES string of the molecule is CCCCCCCC/C=C\CCCCCCCCC(O)C(=O)NC(CO)C(O)CCCCCCCCCCCCCCCCCC. The van der Waals surface area contributed by atoms with Gasteiger partial charge < -0.3 is 20.6 Å². The molecule has 0 aliphatic rings. The summed E-state index contributed by atoms with van der Waals surface area (Å²) in [4.78, 5) is 12.4. The molecule has 0 aliphatic carbocycles. The normalized spacial score (nSPS) is 13.8. The Kier molecular flexibility index (Phi) is 36.2. The molecule has 0 aromatic heterocycles. The van der Waals surface area contributed by atoms with Crippen molar-refractivity contribution in [3.8, 4) is 0 Å². The standard InChI is InChI=1S/C41H81NO4/c1-3-5-7-9-11-13-15-17-19-21-23-25-27-29-31-33-35-39(44)38(37-43)42-41(46)40(45)36-34-32-30-28-26-24-22-20-18-16-14-12-10-8-6-4-2/h18,20,38-40,43-45H,3-17,19,21-37H2,1-2H3,(H,42,46)/b20-18-. The van der Waals surface area contributed by atoms with Gasteiger partial charge in [-0.05, 0) is 38.5 Å². The number of amides is 1. The van der Waals surface area contributed by atoms with E-state index < -0.39 is 24.2 Å². The van der Waals surface area contributed by atoms with Crippen LogP contribution in [0.25, 0.3) is 0 Å². The number of carbonyl (C=O) groups excluding carboxylic acids is 1. The zero-order valence-electron chi connectivity index (χ0n) is 31.0. The molecule has 4 N–H and O–H groups in total. The van der Waals surface area contributed by atoms with Crippen LogP contribution in [-0.2, 0) is 4.79 Å². The highest BCUT2D eigenvalue weighted by atomic mass is 16.3. The fourth-order valence-corrected chi connectivity index (χ4v) is 6.36. The first kappa shape index (κ1) is 45.1. The molecule has 3 unspecified atom stereocenters. The summed E-state index contributed by atoms with van der Waals surface area (Å²) in [6, 6.07) is -0.710. The fraction of sp³-hybridized carbons (Fsp3) is 0.927. The van der Waals surface area contributed by atoms with Crippen LogP contribution in [0.15, 0.2) is 12.2 Å². The van der Waals surface area contributed by atoms with Gasteiger partial charge in [-0.1, -0.05) is 193 Å². The summed E-state index contributed by atoms with van der Waals surface area (Å²) in [6.45, 7) is 4.22. The average molecular weight is 652 g/mol. The number of rotatable bonds is 37. The first-order valence-electron chi connectivity index (χ1n) is 20.5. The van der Waals surface area contributed by atoms with Crippen LogP contribution in [0, 0.1) is 0 Å². The van der Waals surface area contributed by atoms with Gasteiger partial charge in [0.25, 0.3) is 0 Å². The molecule has 5 nitrogen and oxygen atoms in total. The van der Waals surface area contributed by atoms with Crippen molar-refractivity contribution >= 4 is 5.91 Å². The summed E-state index contributed by atoms with van der Waals surface area (Å²) in [5, 5.41) is 33.2. The zero-order chi connectivity index (χ0) is 33.8. The van der Waals surface area contributed by atoms with Crippen molar-refractivity contribution in [1.82, 2.24) is 5.32 Å². The molecule has 0 saturated heterocycles. The Labute approximate surface area is 287 Å². The quantitative estimate of drug-likeness (QED) is 0.0397. The van der Waals surface area contributed by atoms with E-state index in [1.54, 1.807) is 0 Å². The van der Waals surface area contributed by atoms with Crippen LogP contribution in [0.2, 0.25) is 0 Å². The zero-order valence-corrected chi connectivity index (χ0v) is 31.0. The Balaban J connectivity index is 3.65. The maximum absolute atomic E-state index is 12.4. The van der Waals surface area contributed by atoms with Crippen molar-refractivity contribution < 1.29 is 20.1 Å². The highest BCUT2D eigenvalue weighted by molar-refractivity contribution is 5.80. The smallest absolute Gasteiger partial charge is 0.249 e. The molecule has 0 fully saturated rings. The van der Waals surface area contributed by atoms with E-state index in [1.165, 1.54) is 161 Å². The van der Waals surface area contributed by atoms with Crippen molar-refractivity contribution in [2.75, 3.05) is 6.61 Å². The summed E-state index contributed by atoms with van der Waals surface area (Å²) in [6.07, 6.45) is 42.0. The monoisotopic (exact) mass is 652 g/mol. The van der Waals surface area contributed by atoms with Crippen molar-refractivity contribution in [2.24, 2.45) is 0 Å². The predicted molar refractivity (Wildman–Crippen MR) is 199 cm³/mol. The lowest BCUT2D eigenvalue weighted by molar-refractivity contribution is -0.131. The van der Waals surface area contributed by atoms with Crippen LogP contribution in [0.1, 0.15) is 219 Å². The van der Waals surface area contributed by atoms with Gasteiger partial charge in [0.15, 0.2) is 0 Å². The molecule has 1 amide bonds. The third-order valence-corrected chi connectivity index (χ3v) is 9.63. The molecule has 5 heteroatoms. The van der Waals surface area contributed by atoms with Crippen LogP contribution in [0.3, 0.4) is 0 Å². The van der Waals surface area contributed by atoms with Gasteiger partial charge in [0, 0.05) is 0 Å². The second kappa shape index (κ2) is 36.9. The summed E-state index contributed by atoms with van der Waals surface area (Å²) in [7, 11) is 0. The number of hydrogen-bond acceptors (Lipinski definition) is 4. The van der Waals surface area contributed by atoms with Gasteiger partial charge in [-0.25, -0.2) is 0 Å². The van der Waals surface area contributed by atoms with Crippen LogP contribution < -0.4 is 5.32 Å². The summed E-state index contributed by atoms with van der Waals surface area (Å²) >= 11 is 0. The van der Waals surface area contributed by atoms with Gasteiger partial charge in [-0.15, -0.1) is 0 Å². The Morgan fingerprint density at radius 2 is 0.826 bits per heavy atom. The molecule has 3 atom stereocenters. The van der Waals surface area contributed by atoms with E-state index in [0.717, 1.165) is 32.1 Å². The molecule has 0 saturated carbocycles. The van der Waals surface area contributed by atoms with Crippen molar-refractivity contribution in [3.63, 3.8) is 0 Å². The van der Waals surface area contributed by atoms with E-state index in [1.807, 2.05) is 0 Å². The lowest BCUT2D eigenvalue weighted by atomic mass is 10.0. The lowest BCUT2D eigenvalue weighted by Gasteiger charge is -2.23. The molecule has 46 heavy (non-hydrogen) atoms. The Bertz CT molecular complexity index is 640. The minimum absolute atomic E-state index is 0.313. The first-order chi connectivity index (χ1) is 22.6. The molecule has 274 valence electrons. The van der Waals surface area contributed by atoms with E-state index in [4.69, 9.17) is 0 Å². The van der Waals surface area contributed by atoms with Crippen LogP contribution >= 0.6 is 0 Å². The summed E-state index contributed by atoms with van der Waals surface area (Å²) in [5.74, 6) is -0.474. The van der Waals surface area contributed by atoms with E-state index in [0.29, 0.717) is 12.8 Å². The highest BCUT2D eigenvalue weighted by Gasteiger charge is 2.23. The van der Waals surface area contributed by atoms with Crippen LogP contribution in [0.5, 0.6) is 0 Å². The number of allylic oxidation sites excluding steroid dienone is 2. The number of aliphatic hydroxyl groups excluding tert-OH is 3. The maximum atomic E-state index is 12.4. The average Bonchev–Trinajstić information content (AvgIpc) is 3.06. The second-order valence-electron chi connectivity index (χ2n) is 14.2. The van der Waals surface area contributed by atoms with E-state index >= 15 is 0 Å². The van der Waals surface area contributed by atoms with Crippen molar-refractivity contribution in [1.29, 1.82) is 0 Å². The molecule has 0 radical (unpaired) electrons. The van der Waals surface area contributed by atoms with Gasteiger partial charge in [-0.3, -0.25) is 4.79 Å². The molecule has 0 spiro atoms. The fourth-order valence-electron chi connectivity index (χ4n) is 6.36. The highest BCUT2D eigenvalue weighted by Crippen LogP contribution is 2.16. The number of unbranched alkanes of at least 4 members (excludes halogenated alkanes) is 27. The minimum atomic E-state index is -1.08. The molecular formula is C41H81NO4. The first-order valence-corrected chi connectivity index (χ1v) is 20.5. The molecule has 0 bridgehead atoms. The topological polar surface area (TPSA) is 89.8 Å². The molecule has 0 aromatic rings. The molecular weight excluding hydrogens is 570 g/mol. The third kappa shape index (κ3) is 31.7. The van der Waals surface area contributed by atoms with Crippen LogP contribution in [0.4, 0.5) is 0 Å². The summed E-state index contributed by atoms with van der Waals surface area (Å²) in [5.41, 5.74) is 0. The number of aliphatic hydroxyl groups is 3. The van der Waals surface area contributed by atoms with Gasteiger partial charge in [0.2, 0.25) is 5.91 Å². The Morgan fingerprint density at radius 3 is 1.20 bits per heavy atom. The predicted octanol–water partition coefficient (Wildman–Crippen LogP) is 11.3. The van der Waals surface area contributed by atoms with Crippen molar-refractivity contribution in [3.05, 3.63) is 12.2 Å². The molecule has 0 heterocycles. The van der Waals surface area contributed by atoms with Gasteiger partial charge in [-0.2, -0.15) is 0 Å². The van der Waals surface area contributed by atoms with Gasteiger partial charge in [0.05, 0.1) is 18.8 Å². The third-order valence-electron chi connectivity index (χ3n) is 9.63. The van der Waals surface area contributed by atoms with E-state index in [2.05, 4.69) is 31.3 Å².